The Bertz CT molecular complexity index is 158. The van der Waals surface area contributed by atoms with Gasteiger partial charge in [-0.15, -0.1) is 33.2 Å². The van der Waals surface area contributed by atoms with Crippen molar-refractivity contribution in [3.8, 4) is 0 Å². The van der Waals surface area contributed by atoms with E-state index in [4.69, 9.17) is 33.2 Å². The largest absolute Gasteiger partial charge is 0.445 e. The summed E-state index contributed by atoms with van der Waals surface area (Å²) in [5, 5.41) is 0. The maximum atomic E-state index is 12.0. The predicted molar refractivity (Wildman–Crippen MR) is 45.0 cm³/mol. The molecule has 1 unspecified atom stereocenters. The van der Waals surface area contributed by atoms with E-state index in [2.05, 4.69) is 4.74 Å². The minimum absolute atomic E-state index is 0.172. The van der Waals surface area contributed by atoms with Gasteiger partial charge in [0.2, 0.25) is 0 Å². The second-order valence-corrected chi connectivity index (χ2v) is 11.4. The van der Waals surface area contributed by atoms with Crippen molar-refractivity contribution in [3.63, 3.8) is 0 Å². The Morgan fingerprint density at radius 1 is 1.23 bits per heavy atom. The molecule has 0 spiro atoms. The van der Waals surface area contributed by atoms with Gasteiger partial charge >= 0.3 is 12.2 Å². The summed E-state index contributed by atoms with van der Waals surface area (Å²) in [6, 6.07) is -3.20. The zero-order valence-corrected chi connectivity index (χ0v) is 9.31. The third-order valence-corrected chi connectivity index (χ3v) is 3.38. The van der Waals surface area contributed by atoms with Crippen LogP contribution in [-0.4, -0.2) is 25.1 Å². The Morgan fingerprint density at radius 2 is 1.69 bits per heavy atom. The van der Waals surface area contributed by atoms with Crippen LogP contribution in [0.2, 0.25) is 6.04 Å². The topological polar surface area (TPSA) is 9.23 Å². The smallest absolute Gasteiger partial charge is 0.341 e. The minimum Gasteiger partial charge on any atom is -0.341 e. The number of halogens is 7. The quantitative estimate of drug-likeness (QED) is 0.435. The molecular weight excluding hydrogens is 274 g/mol. The molecule has 0 aromatic heterocycles. The fraction of sp³-hybridized carbons (Fsp3) is 1.00. The molecule has 0 N–H and O–H groups in total. The Labute approximate surface area is 87.0 Å². The van der Waals surface area contributed by atoms with Crippen LogP contribution in [0.1, 0.15) is 0 Å². The second kappa shape index (κ2) is 5.02. The number of ether oxygens (including phenoxy) is 1. The summed E-state index contributed by atoms with van der Waals surface area (Å²) in [7, 11) is 0. The minimum atomic E-state index is -5.02. The molecule has 0 saturated carbocycles. The van der Waals surface area contributed by atoms with Crippen molar-refractivity contribution in [1.29, 1.82) is 0 Å². The third-order valence-electron chi connectivity index (χ3n) is 0.907. The number of hydrogen-bond donors (Lipinski definition) is 0. The van der Waals surface area contributed by atoms with E-state index in [9.17, 15) is 17.6 Å². The van der Waals surface area contributed by atoms with E-state index in [0.717, 1.165) is 0 Å². The van der Waals surface area contributed by atoms with Crippen molar-refractivity contribution < 1.29 is 22.3 Å². The molecule has 80 valence electrons. The van der Waals surface area contributed by atoms with Crippen LogP contribution < -0.4 is 0 Å². The van der Waals surface area contributed by atoms with E-state index in [-0.39, 0.29) is 6.04 Å². The zero-order chi connectivity index (χ0) is 10.7. The van der Waals surface area contributed by atoms with Crippen LogP contribution in [0.5, 0.6) is 0 Å². The van der Waals surface area contributed by atoms with Crippen LogP contribution in [0.25, 0.3) is 0 Å². The second-order valence-electron chi connectivity index (χ2n) is 2.09. The molecule has 9 heteroatoms. The molecule has 1 nitrogen and oxygen atoms in total. The van der Waals surface area contributed by atoms with Gasteiger partial charge in [0.1, 0.15) is 0 Å². The van der Waals surface area contributed by atoms with Gasteiger partial charge in [0.25, 0.3) is 6.36 Å². The van der Waals surface area contributed by atoms with E-state index in [0.29, 0.717) is 0 Å². The van der Waals surface area contributed by atoms with Crippen LogP contribution >= 0.6 is 33.2 Å². The van der Waals surface area contributed by atoms with Gasteiger partial charge in [-0.05, 0) is 0 Å². The summed E-state index contributed by atoms with van der Waals surface area (Å²) in [4.78, 5) is 0. The van der Waals surface area contributed by atoms with E-state index in [1.54, 1.807) is 0 Å². The monoisotopic (exact) mass is 278 g/mol. The highest BCUT2D eigenvalue weighted by atomic mass is 35.8. The summed E-state index contributed by atoms with van der Waals surface area (Å²) in [5.74, 6) is 0. The van der Waals surface area contributed by atoms with Crippen LogP contribution in [0.3, 0.4) is 0 Å². The fourth-order valence-corrected chi connectivity index (χ4v) is 1.42. The average molecular weight is 280 g/mol. The maximum absolute atomic E-state index is 12.0. The first-order chi connectivity index (χ1) is 5.63. The van der Waals surface area contributed by atoms with Crippen LogP contribution in [0.4, 0.5) is 17.6 Å². The zero-order valence-electron chi connectivity index (χ0n) is 6.05. The molecule has 13 heavy (non-hydrogen) atoms. The highest BCUT2D eigenvalue weighted by Crippen LogP contribution is 2.27. The number of alkyl halides is 4. The fourth-order valence-electron chi connectivity index (χ4n) is 0.373. The number of rotatable bonds is 4. The Morgan fingerprint density at radius 3 is 2.00 bits per heavy atom. The molecule has 0 aliphatic heterocycles. The lowest BCUT2D eigenvalue weighted by atomic mass is 10.6. The highest BCUT2D eigenvalue weighted by molar-refractivity contribution is 7.64. The van der Waals surface area contributed by atoms with Crippen molar-refractivity contribution in [2.45, 2.75) is 18.6 Å². The van der Waals surface area contributed by atoms with Crippen molar-refractivity contribution in [2.75, 3.05) is 6.61 Å². The highest BCUT2D eigenvalue weighted by Gasteiger charge is 2.41. The van der Waals surface area contributed by atoms with Crippen LogP contribution in [-0.2, 0) is 4.74 Å². The lowest BCUT2D eigenvalue weighted by Gasteiger charge is -2.14. The third kappa shape index (κ3) is 7.81. The Kier molecular flexibility index (Phi) is 5.32. The SMILES string of the molecule is FC(OCC[Si](Cl)(Cl)Cl)C(F)(F)F. The van der Waals surface area contributed by atoms with Crippen LogP contribution in [0, 0.1) is 0 Å². The molecule has 0 amide bonds. The maximum Gasteiger partial charge on any atom is 0.445 e. The summed E-state index contributed by atoms with van der Waals surface area (Å²) in [6.07, 6.45) is -8.33. The molecule has 0 aliphatic rings. The molecule has 0 aromatic carbocycles. The Hall–Kier alpha value is 0.767. The van der Waals surface area contributed by atoms with Gasteiger partial charge in [0.15, 0.2) is 0 Å². The molecule has 0 aliphatic carbocycles. The predicted octanol–water partition coefficient (Wildman–Crippen LogP) is 3.52. The summed E-state index contributed by atoms with van der Waals surface area (Å²) >= 11 is 16.0. The molecular formula is C4H5Cl3F4OSi. The standard InChI is InChI=1S/C4H5Cl3F4OSi/c5-13(6,7)2-1-12-3(8)4(9,10)11/h3H,1-2H2. The van der Waals surface area contributed by atoms with Gasteiger partial charge in [0, 0.05) is 6.04 Å². The van der Waals surface area contributed by atoms with Gasteiger partial charge in [0.05, 0.1) is 6.61 Å². The molecule has 0 aromatic rings. The molecule has 0 bridgehead atoms. The van der Waals surface area contributed by atoms with Gasteiger partial charge in [-0.25, -0.2) is 4.39 Å². The molecule has 0 rings (SSSR count). The first-order valence-electron chi connectivity index (χ1n) is 3.02. The van der Waals surface area contributed by atoms with Crippen molar-refractivity contribution >= 4 is 39.2 Å². The van der Waals surface area contributed by atoms with Crippen molar-refractivity contribution in [3.05, 3.63) is 0 Å². The van der Waals surface area contributed by atoms with E-state index >= 15 is 0 Å². The first kappa shape index (κ1) is 13.8. The van der Waals surface area contributed by atoms with Gasteiger partial charge in [-0.1, -0.05) is 0 Å². The molecule has 0 heterocycles. The van der Waals surface area contributed by atoms with E-state index < -0.39 is 25.1 Å². The van der Waals surface area contributed by atoms with Crippen LogP contribution in [0.15, 0.2) is 0 Å². The summed E-state index contributed by atoms with van der Waals surface area (Å²) in [5.41, 5.74) is 0. The van der Waals surface area contributed by atoms with Crippen molar-refractivity contribution in [2.24, 2.45) is 0 Å². The van der Waals surface area contributed by atoms with E-state index in [1.807, 2.05) is 0 Å². The normalized spacial score (nSPS) is 15.9. The lowest BCUT2D eigenvalue weighted by Crippen LogP contribution is -2.28. The Balaban J connectivity index is 3.67. The summed E-state index contributed by atoms with van der Waals surface area (Å²) < 4.78 is 50.2. The summed E-state index contributed by atoms with van der Waals surface area (Å²) in [6.45, 7) is -0.552. The average Bonchev–Trinajstić information content (AvgIpc) is 1.82. The molecule has 0 fully saturated rings. The molecule has 0 saturated heterocycles. The lowest BCUT2D eigenvalue weighted by molar-refractivity contribution is -0.263. The van der Waals surface area contributed by atoms with Crippen molar-refractivity contribution in [1.82, 2.24) is 0 Å². The van der Waals surface area contributed by atoms with Gasteiger partial charge in [-0.2, -0.15) is 13.2 Å². The molecule has 0 radical (unpaired) electrons. The van der Waals surface area contributed by atoms with Gasteiger partial charge < -0.3 is 4.74 Å². The molecule has 1 atom stereocenters. The van der Waals surface area contributed by atoms with E-state index in [1.165, 1.54) is 0 Å². The number of hydrogen-bond acceptors (Lipinski definition) is 1. The first-order valence-corrected chi connectivity index (χ1v) is 8.26. The van der Waals surface area contributed by atoms with Gasteiger partial charge in [-0.3, -0.25) is 0 Å².